The normalized spacial score (nSPS) is 14.3. The van der Waals surface area contributed by atoms with Gasteiger partial charge in [-0.1, -0.05) is 48.0 Å². The van der Waals surface area contributed by atoms with Crippen LogP contribution in [0.2, 0.25) is 0 Å². The Bertz CT molecular complexity index is 1000. The number of fused-ring (bicyclic) bond motifs is 1. The van der Waals surface area contributed by atoms with Gasteiger partial charge in [-0.2, -0.15) is 0 Å². The summed E-state index contributed by atoms with van der Waals surface area (Å²) >= 11 is 0. The zero-order chi connectivity index (χ0) is 17.4. The molecule has 25 heavy (non-hydrogen) atoms. The lowest BCUT2D eigenvalue weighted by atomic mass is 9.92. The van der Waals surface area contributed by atoms with E-state index in [9.17, 15) is 8.42 Å². The van der Waals surface area contributed by atoms with Gasteiger partial charge in [0.25, 0.3) is 10.0 Å². The first-order valence-electron chi connectivity index (χ1n) is 8.68. The van der Waals surface area contributed by atoms with E-state index in [0.717, 1.165) is 48.1 Å². The summed E-state index contributed by atoms with van der Waals surface area (Å²) in [4.78, 5) is 0.348. The topological polar surface area (TPSA) is 39.1 Å². The Morgan fingerprint density at radius 2 is 1.56 bits per heavy atom. The van der Waals surface area contributed by atoms with Crippen molar-refractivity contribution in [1.82, 2.24) is 3.97 Å². The highest BCUT2D eigenvalue weighted by Crippen LogP contribution is 2.35. The van der Waals surface area contributed by atoms with Crippen molar-refractivity contribution < 1.29 is 8.42 Å². The maximum Gasteiger partial charge on any atom is 0.267 e. The molecular weight excluding hydrogens is 330 g/mol. The Labute approximate surface area is 149 Å². The molecular formula is C21H21NO2S. The summed E-state index contributed by atoms with van der Waals surface area (Å²) in [6, 6.07) is 17.2. The monoisotopic (exact) mass is 351 g/mol. The van der Waals surface area contributed by atoms with Gasteiger partial charge in [-0.3, -0.25) is 0 Å². The highest BCUT2D eigenvalue weighted by molar-refractivity contribution is 7.90. The van der Waals surface area contributed by atoms with Crippen LogP contribution in [-0.4, -0.2) is 12.4 Å². The van der Waals surface area contributed by atoms with Crippen LogP contribution in [-0.2, 0) is 22.9 Å². The van der Waals surface area contributed by atoms with E-state index < -0.39 is 10.0 Å². The number of hydrogen-bond donors (Lipinski definition) is 0. The van der Waals surface area contributed by atoms with Crippen molar-refractivity contribution in [1.29, 1.82) is 0 Å². The molecule has 1 aromatic heterocycles. The third-order valence-corrected chi connectivity index (χ3v) is 6.65. The van der Waals surface area contributed by atoms with E-state index in [2.05, 4.69) is 0 Å². The fourth-order valence-electron chi connectivity index (χ4n) is 3.60. The summed E-state index contributed by atoms with van der Waals surface area (Å²) in [5, 5.41) is 0. The van der Waals surface area contributed by atoms with Crippen molar-refractivity contribution in [3.63, 3.8) is 0 Å². The van der Waals surface area contributed by atoms with Crippen LogP contribution in [0.5, 0.6) is 0 Å². The highest BCUT2D eigenvalue weighted by atomic mass is 32.2. The fourth-order valence-corrected chi connectivity index (χ4v) is 5.04. The zero-order valence-corrected chi connectivity index (χ0v) is 15.1. The fraction of sp³-hybridized carbons (Fsp3) is 0.238. The van der Waals surface area contributed by atoms with Crippen LogP contribution in [0.15, 0.2) is 65.7 Å². The summed E-state index contributed by atoms with van der Waals surface area (Å²) in [6.45, 7) is 1.96. The Morgan fingerprint density at radius 3 is 2.28 bits per heavy atom. The first-order chi connectivity index (χ1) is 12.1. The molecule has 0 saturated carbocycles. The van der Waals surface area contributed by atoms with Gasteiger partial charge in [0.05, 0.1) is 4.90 Å². The Balaban J connectivity index is 1.91. The molecule has 128 valence electrons. The summed E-state index contributed by atoms with van der Waals surface area (Å²) < 4.78 is 28.0. The van der Waals surface area contributed by atoms with E-state index >= 15 is 0 Å². The first-order valence-corrected chi connectivity index (χ1v) is 10.1. The van der Waals surface area contributed by atoms with Crippen molar-refractivity contribution in [3.05, 3.63) is 77.6 Å². The lowest BCUT2D eigenvalue weighted by Crippen LogP contribution is -2.17. The Hall–Kier alpha value is -2.33. The molecule has 4 rings (SSSR count). The molecule has 0 unspecified atom stereocenters. The molecule has 1 aliphatic carbocycles. The molecule has 0 N–H and O–H groups in total. The van der Waals surface area contributed by atoms with E-state index in [1.807, 2.05) is 55.6 Å². The predicted octanol–water partition coefficient (Wildman–Crippen LogP) is 4.58. The second-order valence-electron chi connectivity index (χ2n) is 6.66. The molecule has 3 nitrogen and oxygen atoms in total. The number of nitrogens with zero attached hydrogens (tertiary/aromatic N) is 1. The minimum Gasteiger partial charge on any atom is -0.245 e. The molecule has 0 fully saturated rings. The minimum atomic E-state index is -3.57. The van der Waals surface area contributed by atoms with Crippen LogP contribution in [0.3, 0.4) is 0 Å². The molecule has 0 bridgehead atoms. The number of aryl methyl sites for hydroxylation is 1. The van der Waals surface area contributed by atoms with Crippen LogP contribution in [0.1, 0.15) is 29.7 Å². The third-order valence-electron chi connectivity index (χ3n) is 4.94. The molecule has 0 atom stereocenters. The molecule has 3 aromatic rings. The van der Waals surface area contributed by atoms with Crippen LogP contribution >= 0.6 is 0 Å². The van der Waals surface area contributed by atoms with E-state index in [-0.39, 0.29) is 0 Å². The second-order valence-corrected chi connectivity index (χ2v) is 8.47. The van der Waals surface area contributed by atoms with Gasteiger partial charge in [0.1, 0.15) is 0 Å². The lowest BCUT2D eigenvalue weighted by molar-refractivity contribution is 0.580. The van der Waals surface area contributed by atoms with Gasteiger partial charge in [0.2, 0.25) is 0 Å². The summed E-state index contributed by atoms with van der Waals surface area (Å²) in [5.41, 5.74) is 5.32. The van der Waals surface area contributed by atoms with E-state index in [1.54, 1.807) is 12.1 Å². The molecule has 2 aromatic carbocycles. The van der Waals surface area contributed by atoms with Gasteiger partial charge >= 0.3 is 0 Å². The van der Waals surface area contributed by atoms with E-state index in [4.69, 9.17) is 0 Å². The zero-order valence-electron chi connectivity index (χ0n) is 14.3. The van der Waals surface area contributed by atoms with Gasteiger partial charge in [0, 0.05) is 17.5 Å². The average molecular weight is 351 g/mol. The molecule has 1 heterocycles. The van der Waals surface area contributed by atoms with Crippen molar-refractivity contribution in [3.8, 4) is 11.1 Å². The van der Waals surface area contributed by atoms with Crippen LogP contribution < -0.4 is 0 Å². The number of rotatable bonds is 3. The van der Waals surface area contributed by atoms with Gasteiger partial charge in [0.15, 0.2) is 0 Å². The van der Waals surface area contributed by atoms with E-state index in [1.165, 1.54) is 9.54 Å². The summed E-state index contributed by atoms with van der Waals surface area (Å²) in [5.74, 6) is 0. The van der Waals surface area contributed by atoms with Crippen molar-refractivity contribution in [2.75, 3.05) is 0 Å². The Morgan fingerprint density at radius 1 is 0.880 bits per heavy atom. The Kier molecular flexibility index (Phi) is 4.00. The van der Waals surface area contributed by atoms with Crippen LogP contribution in [0, 0.1) is 6.92 Å². The molecule has 0 radical (unpaired) electrons. The van der Waals surface area contributed by atoms with Gasteiger partial charge in [-0.15, -0.1) is 0 Å². The van der Waals surface area contributed by atoms with Crippen molar-refractivity contribution in [2.24, 2.45) is 0 Å². The van der Waals surface area contributed by atoms with Gasteiger partial charge in [-0.25, -0.2) is 12.4 Å². The molecule has 0 saturated heterocycles. The van der Waals surface area contributed by atoms with Crippen LogP contribution in [0.4, 0.5) is 0 Å². The third kappa shape index (κ3) is 2.81. The first kappa shape index (κ1) is 16.2. The highest BCUT2D eigenvalue weighted by Gasteiger charge is 2.27. The van der Waals surface area contributed by atoms with E-state index in [0.29, 0.717) is 4.90 Å². The lowest BCUT2D eigenvalue weighted by Gasteiger charge is -2.16. The maximum atomic E-state index is 13.2. The number of benzene rings is 2. The molecule has 0 spiro atoms. The number of hydrogen-bond acceptors (Lipinski definition) is 2. The molecule has 0 aliphatic heterocycles. The predicted molar refractivity (Wildman–Crippen MR) is 100 cm³/mol. The van der Waals surface area contributed by atoms with Crippen LogP contribution in [0.25, 0.3) is 11.1 Å². The second kappa shape index (κ2) is 6.19. The maximum absolute atomic E-state index is 13.2. The largest absolute Gasteiger partial charge is 0.267 e. The average Bonchev–Trinajstić information content (AvgIpc) is 3.03. The molecule has 1 aliphatic rings. The number of aromatic nitrogens is 1. The smallest absolute Gasteiger partial charge is 0.245 e. The standard InChI is InChI=1S/C21H21NO2S/c1-16-11-13-18(14-12-16)25(23,24)22-15-20(17-7-3-2-4-8-17)19-9-5-6-10-21(19)22/h2-4,7-8,11-15H,5-6,9-10H2,1H3. The molecule has 0 amide bonds. The molecule has 4 heteroatoms. The summed E-state index contributed by atoms with van der Waals surface area (Å²) in [6.07, 6.45) is 5.72. The summed E-state index contributed by atoms with van der Waals surface area (Å²) in [7, 11) is -3.57. The van der Waals surface area contributed by atoms with Gasteiger partial charge in [-0.05, 0) is 55.9 Å². The minimum absolute atomic E-state index is 0.348. The van der Waals surface area contributed by atoms with Gasteiger partial charge < -0.3 is 0 Å². The van der Waals surface area contributed by atoms with Crippen molar-refractivity contribution in [2.45, 2.75) is 37.5 Å². The quantitative estimate of drug-likeness (QED) is 0.693. The SMILES string of the molecule is Cc1ccc(S(=O)(=O)n2cc(-c3ccccc3)c3c2CCCC3)cc1. The van der Waals surface area contributed by atoms with Crippen molar-refractivity contribution >= 4 is 10.0 Å².